The van der Waals surface area contributed by atoms with Crippen LogP contribution in [0.1, 0.15) is 11.5 Å². The van der Waals surface area contributed by atoms with Crippen LogP contribution in [-0.2, 0) is 0 Å². The van der Waals surface area contributed by atoms with Crippen molar-refractivity contribution >= 4 is 10.9 Å². The summed E-state index contributed by atoms with van der Waals surface area (Å²) in [4.78, 5) is 4.23. The second-order valence-corrected chi connectivity index (χ2v) is 3.76. The van der Waals surface area contributed by atoms with Gasteiger partial charge in [-0.15, -0.1) is 0 Å². The summed E-state index contributed by atoms with van der Waals surface area (Å²) in [6.07, 6.45) is 0. The van der Waals surface area contributed by atoms with Gasteiger partial charge in [0.25, 0.3) is 5.82 Å². The molecule has 0 aliphatic heterocycles. The Labute approximate surface area is 99.2 Å². The lowest BCUT2D eigenvalue weighted by atomic mass is 10.1. The molecule has 0 spiro atoms. The molecule has 0 saturated heterocycles. The molecule has 0 amide bonds. The predicted molar refractivity (Wildman–Crippen MR) is 63.3 cm³/mol. The van der Waals surface area contributed by atoms with Crippen molar-refractivity contribution in [3.63, 3.8) is 0 Å². The van der Waals surface area contributed by atoms with Crippen LogP contribution in [0.2, 0.25) is 0 Å². The molecule has 2 rings (SSSR count). The Morgan fingerprint density at radius 1 is 1.12 bits per heavy atom. The third-order valence-electron chi connectivity index (χ3n) is 2.77. The highest BCUT2D eigenvalue weighted by Gasteiger charge is 2.16. The predicted octanol–water partition coefficient (Wildman–Crippen LogP) is 1.50. The highest BCUT2D eigenvalue weighted by atomic mass is 16.5. The van der Waals surface area contributed by atoms with E-state index in [9.17, 15) is 5.21 Å². The number of benzene rings is 1. The second kappa shape index (κ2) is 4.08. The summed E-state index contributed by atoms with van der Waals surface area (Å²) in [6, 6.07) is 3.54. The highest BCUT2D eigenvalue weighted by Crippen LogP contribution is 2.31. The molecule has 0 fully saturated rings. The molecule has 0 radical (unpaired) electrons. The van der Waals surface area contributed by atoms with E-state index in [2.05, 4.69) is 4.98 Å². The van der Waals surface area contributed by atoms with Gasteiger partial charge in [0.15, 0.2) is 17.0 Å². The largest absolute Gasteiger partial charge is 0.711 e. The summed E-state index contributed by atoms with van der Waals surface area (Å²) in [5.41, 5.74) is 1.33. The van der Waals surface area contributed by atoms with Crippen LogP contribution in [0.25, 0.3) is 10.9 Å². The zero-order valence-electron chi connectivity index (χ0n) is 10.3. The monoisotopic (exact) mass is 234 g/mol. The Balaban J connectivity index is 2.83. The first kappa shape index (κ1) is 11.4. The average Bonchev–Trinajstić information content (AvgIpc) is 2.34. The van der Waals surface area contributed by atoms with Crippen molar-refractivity contribution in [2.75, 3.05) is 14.2 Å². The van der Waals surface area contributed by atoms with Crippen molar-refractivity contribution in [3.8, 4) is 11.5 Å². The fourth-order valence-electron chi connectivity index (χ4n) is 1.82. The minimum Gasteiger partial charge on any atom is -0.711 e. The van der Waals surface area contributed by atoms with Gasteiger partial charge in [-0.25, -0.2) is 4.73 Å². The fourth-order valence-corrected chi connectivity index (χ4v) is 1.82. The van der Waals surface area contributed by atoms with E-state index in [0.29, 0.717) is 23.0 Å². The summed E-state index contributed by atoms with van der Waals surface area (Å²) < 4.78 is 11.2. The lowest BCUT2D eigenvalue weighted by Crippen LogP contribution is -2.35. The molecule has 5 heteroatoms. The molecule has 5 nitrogen and oxygen atoms in total. The van der Waals surface area contributed by atoms with Gasteiger partial charge < -0.3 is 14.7 Å². The third-order valence-corrected chi connectivity index (χ3v) is 2.77. The van der Waals surface area contributed by atoms with Gasteiger partial charge in [-0.2, -0.15) is 0 Å². The fraction of sp³-hybridized carbons (Fsp3) is 0.333. The maximum atomic E-state index is 11.7. The van der Waals surface area contributed by atoms with Crippen LogP contribution in [0.5, 0.6) is 11.5 Å². The molecule has 0 saturated carbocycles. The van der Waals surface area contributed by atoms with Gasteiger partial charge in [0.2, 0.25) is 0 Å². The number of methoxy groups -OCH3 is 2. The van der Waals surface area contributed by atoms with Crippen LogP contribution in [0.3, 0.4) is 0 Å². The number of rotatable bonds is 2. The summed E-state index contributed by atoms with van der Waals surface area (Å²) >= 11 is 0. The van der Waals surface area contributed by atoms with Gasteiger partial charge in [0.05, 0.1) is 19.6 Å². The number of ether oxygens (including phenoxy) is 2. The van der Waals surface area contributed by atoms with Crippen LogP contribution in [0.15, 0.2) is 12.1 Å². The van der Waals surface area contributed by atoms with E-state index < -0.39 is 0 Å². The van der Waals surface area contributed by atoms with Crippen LogP contribution >= 0.6 is 0 Å². The van der Waals surface area contributed by atoms with E-state index in [1.165, 1.54) is 0 Å². The zero-order chi connectivity index (χ0) is 12.6. The van der Waals surface area contributed by atoms with E-state index in [1.807, 2.05) is 0 Å². The number of aryl methyl sites for hydroxylation is 2. The van der Waals surface area contributed by atoms with E-state index in [1.54, 1.807) is 40.2 Å². The molecule has 0 aliphatic rings. The van der Waals surface area contributed by atoms with Gasteiger partial charge in [-0.05, 0) is 18.0 Å². The van der Waals surface area contributed by atoms with Crippen LogP contribution in [-0.4, -0.2) is 19.2 Å². The Bertz CT molecular complexity index is 582. The van der Waals surface area contributed by atoms with E-state index in [0.717, 1.165) is 15.6 Å². The van der Waals surface area contributed by atoms with Crippen molar-refractivity contribution in [2.45, 2.75) is 13.8 Å². The van der Waals surface area contributed by atoms with Crippen molar-refractivity contribution in [1.82, 2.24) is 4.98 Å². The summed E-state index contributed by atoms with van der Waals surface area (Å²) in [5, 5.41) is 12.5. The Morgan fingerprint density at radius 2 is 1.71 bits per heavy atom. The Morgan fingerprint density at radius 3 is 2.29 bits per heavy atom. The number of fused-ring (bicyclic) bond motifs is 1. The molecule has 0 atom stereocenters. The topological polar surface area (TPSA) is 58.3 Å². The Hall–Kier alpha value is -2.04. The molecule has 2 aromatic rings. The lowest BCUT2D eigenvalue weighted by molar-refractivity contribution is -0.620. The SMILES string of the molecule is COc1cc2nc(C)[n+]([O-])c(C)c2cc1OC. The molecule has 1 aromatic carbocycles. The van der Waals surface area contributed by atoms with Crippen LogP contribution in [0, 0.1) is 19.1 Å². The summed E-state index contributed by atoms with van der Waals surface area (Å²) in [6.45, 7) is 3.44. The molecule has 0 N–H and O–H groups in total. The average molecular weight is 234 g/mol. The Kier molecular flexibility index (Phi) is 2.75. The number of hydrogen-bond acceptors (Lipinski definition) is 4. The molecule has 90 valence electrons. The first-order chi connectivity index (χ1) is 8.08. The zero-order valence-corrected chi connectivity index (χ0v) is 10.3. The van der Waals surface area contributed by atoms with Gasteiger partial charge in [-0.3, -0.25) is 0 Å². The van der Waals surface area contributed by atoms with E-state index >= 15 is 0 Å². The van der Waals surface area contributed by atoms with E-state index in [4.69, 9.17) is 9.47 Å². The molecular weight excluding hydrogens is 220 g/mol. The molecule has 1 aromatic heterocycles. The normalized spacial score (nSPS) is 10.6. The molecule has 0 unspecified atom stereocenters. The number of hydrogen-bond donors (Lipinski definition) is 0. The van der Waals surface area contributed by atoms with Gasteiger partial charge in [-0.1, -0.05) is 0 Å². The second-order valence-electron chi connectivity index (χ2n) is 3.76. The lowest BCUT2D eigenvalue weighted by Gasteiger charge is -2.11. The number of nitrogens with zero attached hydrogens (tertiary/aromatic N) is 2. The quantitative estimate of drug-likeness (QED) is 0.583. The number of aromatic nitrogens is 2. The van der Waals surface area contributed by atoms with Gasteiger partial charge >= 0.3 is 0 Å². The maximum Gasteiger partial charge on any atom is 0.299 e. The maximum absolute atomic E-state index is 11.7. The highest BCUT2D eigenvalue weighted by molar-refractivity contribution is 5.83. The molecular formula is C12H14N2O3. The van der Waals surface area contributed by atoms with E-state index in [-0.39, 0.29) is 0 Å². The minimum atomic E-state index is 0.419. The third kappa shape index (κ3) is 1.73. The van der Waals surface area contributed by atoms with Crippen LogP contribution < -0.4 is 14.2 Å². The molecule has 0 aliphatic carbocycles. The molecule has 17 heavy (non-hydrogen) atoms. The first-order valence-corrected chi connectivity index (χ1v) is 5.21. The summed E-state index contributed by atoms with van der Waals surface area (Å²) in [7, 11) is 3.13. The van der Waals surface area contributed by atoms with Crippen molar-refractivity contribution in [2.24, 2.45) is 0 Å². The standard InChI is InChI=1S/C12H14N2O3/c1-7-9-5-11(16-3)12(17-4)6-10(9)13-8(2)14(7)15/h5-6H,1-4H3. The van der Waals surface area contributed by atoms with Crippen molar-refractivity contribution in [1.29, 1.82) is 0 Å². The summed E-state index contributed by atoms with van der Waals surface area (Å²) in [5.74, 6) is 1.62. The molecule has 0 bridgehead atoms. The van der Waals surface area contributed by atoms with Gasteiger partial charge in [0, 0.05) is 13.0 Å². The van der Waals surface area contributed by atoms with Crippen LogP contribution in [0.4, 0.5) is 0 Å². The van der Waals surface area contributed by atoms with Gasteiger partial charge in [0.1, 0.15) is 5.69 Å². The van der Waals surface area contributed by atoms with Crippen molar-refractivity contribution in [3.05, 3.63) is 28.9 Å². The van der Waals surface area contributed by atoms with Crippen molar-refractivity contribution < 1.29 is 14.2 Å². The first-order valence-electron chi connectivity index (χ1n) is 5.21. The minimum absolute atomic E-state index is 0.419. The smallest absolute Gasteiger partial charge is 0.299 e. The molecule has 1 heterocycles.